The summed E-state index contributed by atoms with van der Waals surface area (Å²) >= 11 is 0. The highest BCUT2D eigenvalue weighted by atomic mass is 16.6. The average Bonchev–Trinajstić information content (AvgIpc) is 2.89. The Morgan fingerprint density at radius 2 is 1.87 bits per heavy atom. The van der Waals surface area contributed by atoms with Crippen LogP contribution in [-0.2, 0) is 4.74 Å². The van der Waals surface area contributed by atoms with Crippen molar-refractivity contribution in [2.75, 3.05) is 18.0 Å². The van der Waals surface area contributed by atoms with E-state index >= 15 is 0 Å². The molecule has 0 saturated carbocycles. The van der Waals surface area contributed by atoms with Crippen LogP contribution in [0.15, 0.2) is 30.5 Å². The van der Waals surface area contributed by atoms with Crippen LogP contribution in [0, 0.1) is 5.92 Å². The molecule has 124 valence electrons. The van der Waals surface area contributed by atoms with Crippen molar-refractivity contribution in [2.24, 2.45) is 5.92 Å². The van der Waals surface area contributed by atoms with Crippen LogP contribution in [0.1, 0.15) is 40.5 Å². The predicted octanol–water partition coefficient (Wildman–Crippen LogP) is 4.66. The minimum absolute atomic E-state index is 0.327. The van der Waals surface area contributed by atoms with E-state index in [0.29, 0.717) is 0 Å². The van der Waals surface area contributed by atoms with Crippen LogP contribution >= 0.6 is 0 Å². The fraction of sp³-hybridized carbons (Fsp3) is 0.526. The Bertz CT molecular complexity index is 704. The first-order valence-corrected chi connectivity index (χ1v) is 8.43. The molecular weight excluding hydrogens is 288 g/mol. The zero-order valence-electron chi connectivity index (χ0n) is 14.5. The van der Waals surface area contributed by atoms with E-state index in [0.717, 1.165) is 29.9 Å². The lowest BCUT2D eigenvalue weighted by atomic mass is 9.99. The van der Waals surface area contributed by atoms with Crippen LogP contribution in [0.3, 0.4) is 0 Å². The number of carbonyl (C=O) groups excluding carboxylic acids is 1. The fourth-order valence-corrected chi connectivity index (χ4v) is 3.06. The molecule has 3 rings (SSSR count). The van der Waals surface area contributed by atoms with Crippen LogP contribution in [-0.4, -0.2) is 29.4 Å². The van der Waals surface area contributed by atoms with Crippen molar-refractivity contribution in [1.82, 2.24) is 4.57 Å². The van der Waals surface area contributed by atoms with E-state index in [2.05, 4.69) is 24.0 Å². The van der Waals surface area contributed by atoms with Gasteiger partial charge in [0.25, 0.3) is 0 Å². The first kappa shape index (κ1) is 15.9. The summed E-state index contributed by atoms with van der Waals surface area (Å²) in [6.07, 6.45) is 3.96. The van der Waals surface area contributed by atoms with Gasteiger partial charge < -0.3 is 9.64 Å². The maximum Gasteiger partial charge on any atom is 0.418 e. The monoisotopic (exact) mass is 314 g/mol. The molecule has 0 amide bonds. The number of benzene rings is 1. The predicted molar refractivity (Wildman–Crippen MR) is 94.2 cm³/mol. The second kappa shape index (κ2) is 5.91. The number of carbonyl (C=O) groups is 1. The van der Waals surface area contributed by atoms with Crippen molar-refractivity contribution >= 4 is 22.7 Å². The van der Waals surface area contributed by atoms with Crippen LogP contribution in [0.25, 0.3) is 10.9 Å². The Morgan fingerprint density at radius 1 is 1.17 bits per heavy atom. The second-order valence-electron chi connectivity index (χ2n) is 7.58. The molecule has 1 fully saturated rings. The zero-order valence-corrected chi connectivity index (χ0v) is 14.5. The van der Waals surface area contributed by atoms with Crippen LogP contribution < -0.4 is 4.90 Å². The van der Waals surface area contributed by atoms with E-state index < -0.39 is 5.60 Å². The molecule has 0 spiro atoms. The number of rotatable bonds is 1. The zero-order chi connectivity index (χ0) is 16.6. The molecule has 1 aromatic heterocycles. The highest BCUT2D eigenvalue weighted by Gasteiger charge is 2.20. The van der Waals surface area contributed by atoms with E-state index in [1.54, 1.807) is 10.8 Å². The largest absolute Gasteiger partial charge is 0.443 e. The SMILES string of the molecule is CC1CCN(c2ccc3c(ccn3C(=O)OC(C)(C)C)c2)CC1. The van der Waals surface area contributed by atoms with Gasteiger partial charge in [-0.25, -0.2) is 4.79 Å². The molecule has 1 aromatic carbocycles. The lowest BCUT2D eigenvalue weighted by Crippen LogP contribution is -2.32. The van der Waals surface area contributed by atoms with Gasteiger partial charge in [-0.05, 0) is 63.8 Å². The number of piperidine rings is 1. The number of nitrogens with zero attached hydrogens (tertiary/aromatic N) is 2. The molecule has 0 aliphatic carbocycles. The second-order valence-corrected chi connectivity index (χ2v) is 7.58. The first-order valence-electron chi connectivity index (χ1n) is 8.43. The molecule has 2 aromatic rings. The third-order valence-corrected chi connectivity index (χ3v) is 4.41. The Balaban J connectivity index is 1.84. The van der Waals surface area contributed by atoms with Crippen LogP contribution in [0.5, 0.6) is 0 Å². The maximum atomic E-state index is 12.3. The van der Waals surface area contributed by atoms with Crippen molar-refractivity contribution in [2.45, 2.75) is 46.1 Å². The fourth-order valence-electron chi connectivity index (χ4n) is 3.06. The van der Waals surface area contributed by atoms with Crippen molar-refractivity contribution in [1.29, 1.82) is 0 Å². The Morgan fingerprint density at radius 3 is 2.52 bits per heavy atom. The molecule has 0 unspecified atom stereocenters. The minimum atomic E-state index is -0.488. The Labute approximate surface area is 138 Å². The summed E-state index contributed by atoms with van der Waals surface area (Å²) in [6.45, 7) is 10.2. The van der Waals surface area contributed by atoms with Gasteiger partial charge in [0.15, 0.2) is 0 Å². The molecule has 4 nitrogen and oxygen atoms in total. The first-order chi connectivity index (χ1) is 10.8. The number of anilines is 1. The third kappa shape index (κ3) is 3.52. The molecule has 2 heterocycles. The lowest BCUT2D eigenvalue weighted by molar-refractivity contribution is 0.0544. The molecule has 23 heavy (non-hydrogen) atoms. The number of hydrogen-bond donors (Lipinski definition) is 0. The molecule has 4 heteroatoms. The molecular formula is C19H26N2O2. The summed E-state index contributed by atoms with van der Waals surface area (Å²) in [7, 11) is 0. The van der Waals surface area contributed by atoms with Gasteiger partial charge in [0.2, 0.25) is 0 Å². The van der Waals surface area contributed by atoms with Gasteiger partial charge in [-0.1, -0.05) is 6.92 Å². The molecule has 1 aliphatic heterocycles. The van der Waals surface area contributed by atoms with E-state index in [-0.39, 0.29) is 6.09 Å². The van der Waals surface area contributed by atoms with E-state index in [4.69, 9.17) is 4.74 Å². The smallest absolute Gasteiger partial charge is 0.418 e. The number of hydrogen-bond acceptors (Lipinski definition) is 3. The van der Waals surface area contributed by atoms with Gasteiger partial charge in [0, 0.05) is 30.4 Å². The molecule has 0 N–H and O–H groups in total. The van der Waals surface area contributed by atoms with Gasteiger partial charge in [0.1, 0.15) is 5.60 Å². The van der Waals surface area contributed by atoms with Crippen molar-refractivity contribution in [3.05, 3.63) is 30.5 Å². The summed E-state index contributed by atoms with van der Waals surface area (Å²) in [4.78, 5) is 14.7. The van der Waals surface area contributed by atoms with Crippen LogP contribution in [0.4, 0.5) is 10.5 Å². The highest BCUT2D eigenvalue weighted by Crippen LogP contribution is 2.27. The van der Waals surface area contributed by atoms with Crippen molar-refractivity contribution in [3.8, 4) is 0 Å². The molecule has 0 atom stereocenters. The van der Waals surface area contributed by atoms with Crippen molar-refractivity contribution in [3.63, 3.8) is 0 Å². The normalized spacial score (nSPS) is 16.8. The molecule has 0 bridgehead atoms. The summed E-state index contributed by atoms with van der Waals surface area (Å²) in [5.41, 5.74) is 1.65. The van der Waals surface area contributed by atoms with Crippen molar-refractivity contribution < 1.29 is 9.53 Å². The minimum Gasteiger partial charge on any atom is -0.443 e. The summed E-state index contributed by atoms with van der Waals surface area (Å²) in [5, 5.41) is 1.08. The van der Waals surface area contributed by atoms with Gasteiger partial charge >= 0.3 is 6.09 Å². The van der Waals surface area contributed by atoms with E-state index in [1.165, 1.54) is 18.5 Å². The Kier molecular flexibility index (Phi) is 4.09. The lowest BCUT2D eigenvalue weighted by Gasteiger charge is -2.32. The summed E-state index contributed by atoms with van der Waals surface area (Å²) in [5.74, 6) is 0.822. The van der Waals surface area contributed by atoms with Gasteiger partial charge in [-0.2, -0.15) is 0 Å². The topological polar surface area (TPSA) is 34.5 Å². The third-order valence-electron chi connectivity index (χ3n) is 4.41. The average molecular weight is 314 g/mol. The molecule has 1 saturated heterocycles. The molecule has 1 aliphatic rings. The van der Waals surface area contributed by atoms with E-state index in [1.807, 2.05) is 32.9 Å². The summed E-state index contributed by atoms with van der Waals surface area (Å²) in [6, 6.07) is 8.29. The molecule has 0 radical (unpaired) electrons. The Hall–Kier alpha value is -1.97. The number of ether oxygens (including phenoxy) is 1. The summed E-state index contributed by atoms with van der Waals surface area (Å²) < 4.78 is 7.05. The van der Waals surface area contributed by atoms with Gasteiger partial charge in [-0.15, -0.1) is 0 Å². The maximum absolute atomic E-state index is 12.3. The highest BCUT2D eigenvalue weighted by molar-refractivity contribution is 5.91. The number of aromatic nitrogens is 1. The van der Waals surface area contributed by atoms with E-state index in [9.17, 15) is 4.79 Å². The standard InChI is InChI=1S/C19H26N2O2/c1-14-7-10-20(11-8-14)16-5-6-17-15(13-16)9-12-21(17)18(22)23-19(2,3)4/h5-6,9,12-14H,7-8,10-11H2,1-4H3. The van der Waals surface area contributed by atoms with Gasteiger partial charge in [0.05, 0.1) is 5.52 Å². The van der Waals surface area contributed by atoms with Crippen LogP contribution in [0.2, 0.25) is 0 Å². The number of fused-ring (bicyclic) bond motifs is 1. The van der Waals surface area contributed by atoms with Gasteiger partial charge in [-0.3, -0.25) is 4.57 Å². The quantitative estimate of drug-likeness (QED) is 0.767.